The van der Waals surface area contributed by atoms with Crippen LogP contribution in [0.1, 0.15) is 50.5 Å². The molecule has 1 spiro atoms. The summed E-state index contributed by atoms with van der Waals surface area (Å²) in [5.74, 6) is 0.590. The van der Waals surface area contributed by atoms with Gasteiger partial charge >= 0.3 is 6.03 Å². The van der Waals surface area contributed by atoms with Crippen LogP contribution in [0.4, 0.5) is 10.5 Å². The number of carbonyl (C=O) groups excluding carboxylic acids is 2. The first kappa shape index (κ1) is 25.4. The molecule has 1 aliphatic heterocycles. The Labute approximate surface area is 219 Å². The lowest BCUT2D eigenvalue weighted by atomic mass is 9.68. The number of methoxy groups -OCH3 is 1. The van der Waals surface area contributed by atoms with Crippen LogP contribution in [-0.4, -0.2) is 83.0 Å². The number of hydrogen-bond acceptors (Lipinski definition) is 6. The van der Waals surface area contributed by atoms with Gasteiger partial charge in [-0.15, -0.1) is 0 Å². The van der Waals surface area contributed by atoms with E-state index in [9.17, 15) is 9.59 Å². The standard InChI is InChI=1S/C28H38N6O3/c1-32(2)28(22-10-5-4-6-11-22)14-12-27(13-15-28)19-33(26(36)34(27)17-21-8-7-9-21)18-24(35)31-23-16-29-20-30-25(23)37-3/h4-6,10-11,16,20-21H,7-9,12-15,17-19H2,1-3H3,(H,31,35). The van der Waals surface area contributed by atoms with Gasteiger partial charge in [-0.25, -0.2) is 9.78 Å². The van der Waals surface area contributed by atoms with Crippen LogP contribution in [0.5, 0.6) is 5.88 Å². The number of anilines is 1. The van der Waals surface area contributed by atoms with Crippen molar-refractivity contribution in [2.75, 3.05) is 46.2 Å². The first-order chi connectivity index (χ1) is 17.9. The number of benzene rings is 1. The van der Waals surface area contributed by atoms with Crippen LogP contribution in [0.3, 0.4) is 0 Å². The van der Waals surface area contributed by atoms with Gasteiger partial charge in [-0.3, -0.25) is 9.69 Å². The highest BCUT2D eigenvalue weighted by molar-refractivity contribution is 5.95. The third-order valence-corrected chi connectivity index (χ3v) is 8.88. The van der Waals surface area contributed by atoms with E-state index < -0.39 is 0 Å². The van der Waals surface area contributed by atoms with Crippen LogP contribution in [0.25, 0.3) is 0 Å². The lowest BCUT2D eigenvalue weighted by Crippen LogP contribution is -2.56. The Hall–Kier alpha value is -3.20. The predicted molar refractivity (Wildman–Crippen MR) is 141 cm³/mol. The van der Waals surface area contributed by atoms with Gasteiger partial charge in [0.05, 0.1) is 18.8 Å². The third kappa shape index (κ3) is 4.77. The molecule has 0 radical (unpaired) electrons. The highest BCUT2D eigenvalue weighted by Gasteiger charge is 2.55. The zero-order valence-corrected chi connectivity index (χ0v) is 22.2. The molecule has 1 N–H and O–H groups in total. The number of nitrogens with one attached hydrogen (secondary N) is 1. The van der Waals surface area contributed by atoms with Crippen molar-refractivity contribution in [3.05, 3.63) is 48.4 Å². The lowest BCUT2D eigenvalue weighted by Gasteiger charge is -2.51. The number of urea groups is 1. The second-order valence-corrected chi connectivity index (χ2v) is 11.1. The van der Waals surface area contributed by atoms with Gasteiger partial charge < -0.3 is 19.9 Å². The smallest absolute Gasteiger partial charge is 0.321 e. The molecule has 3 amide bonds. The molecule has 9 nitrogen and oxygen atoms in total. The molecule has 2 heterocycles. The summed E-state index contributed by atoms with van der Waals surface area (Å²) in [5, 5.41) is 2.82. The van der Waals surface area contributed by atoms with Crippen molar-refractivity contribution in [3.63, 3.8) is 0 Å². The van der Waals surface area contributed by atoms with E-state index in [0.29, 0.717) is 24.0 Å². The van der Waals surface area contributed by atoms with Crippen molar-refractivity contribution in [2.24, 2.45) is 5.92 Å². The van der Waals surface area contributed by atoms with E-state index in [-0.39, 0.29) is 29.6 Å². The van der Waals surface area contributed by atoms with Crippen molar-refractivity contribution in [3.8, 4) is 5.88 Å². The SMILES string of the molecule is COc1ncncc1NC(=O)CN1CC2(CCC(c3ccccc3)(N(C)C)CC2)N(CC2CCC2)C1=O. The molecule has 9 heteroatoms. The van der Waals surface area contributed by atoms with E-state index >= 15 is 0 Å². The van der Waals surface area contributed by atoms with E-state index in [1.165, 1.54) is 44.5 Å². The zero-order valence-electron chi connectivity index (χ0n) is 22.2. The molecule has 37 heavy (non-hydrogen) atoms. The minimum Gasteiger partial charge on any atom is -0.479 e. The van der Waals surface area contributed by atoms with E-state index in [1.54, 1.807) is 4.90 Å². The Kier molecular flexibility index (Phi) is 7.07. The average Bonchev–Trinajstić information content (AvgIpc) is 3.12. The molecule has 3 aliphatic rings. The van der Waals surface area contributed by atoms with Gasteiger partial charge in [0.1, 0.15) is 18.6 Å². The minimum atomic E-state index is -0.273. The average molecular weight is 507 g/mol. The zero-order chi connectivity index (χ0) is 26.0. The molecule has 198 valence electrons. The van der Waals surface area contributed by atoms with E-state index in [2.05, 4.69) is 69.5 Å². The van der Waals surface area contributed by atoms with Crippen LogP contribution < -0.4 is 10.1 Å². The number of carbonyl (C=O) groups is 2. The van der Waals surface area contributed by atoms with Crippen molar-refractivity contribution in [2.45, 2.75) is 56.0 Å². The predicted octanol–water partition coefficient (Wildman–Crippen LogP) is 3.73. The van der Waals surface area contributed by atoms with Crippen LogP contribution in [-0.2, 0) is 10.3 Å². The van der Waals surface area contributed by atoms with Crippen LogP contribution in [0, 0.1) is 5.92 Å². The number of ether oxygens (including phenoxy) is 1. The Bertz CT molecular complexity index is 1110. The molecule has 2 saturated carbocycles. The summed E-state index contributed by atoms with van der Waals surface area (Å²) in [6, 6.07) is 10.7. The van der Waals surface area contributed by atoms with Gasteiger partial charge in [0.25, 0.3) is 0 Å². The molecule has 0 atom stereocenters. The summed E-state index contributed by atoms with van der Waals surface area (Å²) in [7, 11) is 5.82. The maximum Gasteiger partial charge on any atom is 0.321 e. The van der Waals surface area contributed by atoms with Gasteiger partial charge in [0, 0.05) is 18.6 Å². The largest absolute Gasteiger partial charge is 0.479 e. The van der Waals surface area contributed by atoms with Gasteiger partial charge in [-0.2, -0.15) is 4.98 Å². The molecule has 2 aliphatic carbocycles. The fourth-order valence-electron chi connectivity index (χ4n) is 6.44. The van der Waals surface area contributed by atoms with E-state index in [1.807, 2.05) is 0 Å². The molecular weight excluding hydrogens is 468 g/mol. The summed E-state index contributed by atoms with van der Waals surface area (Å²) < 4.78 is 5.22. The Balaban J connectivity index is 1.34. The van der Waals surface area contributed by atoms with Gasteiger partial charge in [-0.05, 0) is 64.1 Å². The van der Waals surface area contributed by atoms with Gasteiger partial charge in [0.15, 0.2) is 0 Å². The first-order valence-corrected chi connectivity index (χ1v) is 13.3. The second-order valence-electron chi connectivity index (χ2n) is 11.1. The van der Waals surface area contributed by atoms with Crippen molar-refractivity contribution in [1.82, 2.24) is 24.7 Å². The summed E-state index contributed by atoms with van der Waals surface area (Å²) in [4.78, 5) is 40.9. The normalized spacial score (nSPS) is 26.0. The molecule has 1 saturated heterocycles. The third-order valence-electron chi connectivity index (χ3n) is 8.88. The first-order valence-electron chi connectivity index (χ1n) is 13.3. The summed E-state index contributed by atoms with van der Waals surface area (Å²) in [6.07, 6.45) is 10.2. The summed E-state index contributed by atoms with van der Waals surface area (Å²) in [6.45, 7) is 1.36. The molecule has 1 aromatic carbocycles. The maximum atomic E-state index is 13.7. The molecule has 0 bridgehead atoms. The highest BCUT2D eigenvalue weighted by Crippen LogP contribution is 2.49. The van der Waals surface area contributed by atoms with Gasteiger partial charge in [0.2, 0.25) is 11.8 Å². The minimum absolute atomic E-state index is 0.00267. The van der Waals surface area contributed by atoms with Crippen LogP contribution in [0.15, 0.2) is 42.9 Å². The fraction of sp³-hybridized carbons (Fsp3) is 0.571. The summed E-state index contributed by atoms with van der Waals surface area (Å²) in [5.41, 5.74) is 1.44. The Morgan fingerprint density at radius 2 is 1.89 bits per heavy atom. The molecule has 1 aromatic heterocycles. The summed E-state index contributed by atoms with van der Waals surface area (Å²) >= 11 is 0. The van der Waals surface area contributed by atoms with E-state index in [4.69, 9.17) is 4.74 Å². The van der Waals surface area contributed by atoms with Crippen LogP contribution >= 0.6 is 0 Å². The Morgan fingerprint density at radius 3 is 2.51 bits per heavy atom. The van der Waals surface area contributed by atoms with Crippen molar-refractivity contribution in [1.29, 1.82) is 0 Å². The Morgan fingerprint density at radius 1 is 1.16 bits per heavy atom. The van der Waals surface area contributed by atoms with Gasteiger partial charge in [-0.1, -0.05) is 36.8 Å². The second kappa shape index (κ2) is 10.3. The molecule has 0 unspecified atom stereocenters. The fourth-order valence-corrected chi connectivity index (χ4v) is 6.44. The van der Waals surface area contributed by atoms with Crippen molar-refractivity contribution < 1.29 is 14.3 Å². The van der Waals surface area contributed by atoms with E-state index in [0.717, 1.165) is 32.2 Å². The highest BCUT2D eigenvalue weighted by atomic mass is 16.5. The number of rotatable bonds is 8. The maximum absolute atomic E-state index is 13.7. The van der Waals surface area contributed by atoms with Crippen molar-refractivity contribution >= 4 is 17.6 Å². The quantitative estimate of drug-likeness (QED) is 0.587. The molecule has 3 fully saturated rings. The molecule has 5 rings (SSSR count). The van der Waals surface area contributed by atoms with Crippen LogP contribution in [0.2, 0.25) is 0 Å². The monoisotopic (exact) mass is 506 g/mol. The number of amides is 3. The number of aromatic nitrogens is 2. The molecular formula is C28H38N6O3. The molecule has 2 aromatic rings. The topological polar surface area (TPSA) is 90.9 Å². The number of hydrogen-bond donors (Lipinski definition) is 1. The lowest BCUT2D eigenvalue weighted by molar-refractivity contribution is -0.116. The number of nitrogens with zero attached hydrogens (tertiary/aromatic N) is 5.